The van der Waals surface area contributed by atoms with Gasteiger partial charge in [-0.15, -0.1) is 0 Å². The number of rotatable bonds is 7. The van der Waals surface area contributed by atoms with Gasteiger partial charge >= 0.3 is 11.9 Å². The first-order chi connectivity index (χ1) is 9.06. The van der Waals surface area contributed by atoms with Crippen molar-refractivity contribution >= 4 is 11.9 Å². The lowest BCUT2D eigenvalue weighted by molar-refractivity contribution is -0.168. The van der Waals surface area contributed by atoms with Crippen LogP contribution in [-0.4, -0.2) is 25.2 Å². The number of carbonyl (C=O) groups excluding carboxylic acids is 2. The molecule has 1 fully saturated rings. The van der Waals surface area contributed by atoms with E-state index >= 15 is 0 Å². The van der Waals surface area contributed by atoms with Gasteiger partial charge in [0, 0.05) is 6.92 Å². The standard InChI is InChI=1S/C15H26O4/c1-4-5-6-7-10-15(14(17)18-3)11-8-9-13(15)19-12(2)16/h13H,4-11H2,1-3H3. The van der Waals surface area contributed by atoms with E-state index < -0.39 is 5.41 Å². The van der Waals surface area contributed by atoms with Crippen LogP contribution in [0.15, 0.2) is 0 Å². The first-order valence-corrected chi connectivity index (χ1v) is 7.32. The average molecular weight is 270 g/mol. The number of unbranched alkanes of at least 4 members (excludes halogenated alkanes) is 3. The van der Waals surface area contributed by atoms with E-state index in [4.69, 9.17) is 9.47 Å². The number of carbonyl (C=O) groups is 2. The molecule has 0 aromatic carbocycles. The molecule has 110 valence electrons. The van der Waals surface area contributed by atoms with Crippen molar-refractivity contribution in [3.63, 3.8) is 0 Å². The van der Waals surface area contributed by atoms with E-state index in [-0.39, 0.29) is 18.0 Å². The van der Waals surface area contributed by atoms with E-state index in [1.54, 1.807) is 0 Å². The number of hydrogen-bond donors (Lipinski definition) is 0. The Morgan fingerprint density at radius 3 is 2.58 bits per heavy atom. The second-order valence-corrected chi connectivity index (χ2v) is 5.45. The van der Waals surface area contributed by atoms with Crippen molar-refractivity contribution in [3.8, 4) is 0 Å². The van der Waals surface area contributed by atoms with Crippen LogP contribution in [0.5, 0.6) is 0 Å². The van der Waals surface area contributed by atoms with Crippen LogP contribution in [0.4, 0.5) is 0 Å². The maximum atomic E-state index is 12.2. The highest BCUT2D eigenvalue weighted by molar-refractivity contribution is 5.78. The summed E-state index contributed by atoms with van der Waals surface area (Å²) < 4.78 is 10.3. The second kappa shape index (κ2) is 7.51. The molecule has 0 bridgehead atoms. The largest absolute Gasteiger partial charge is 0.468 e. The molecule has 1 aliphatic rings. The Morgan fingerprint density at radius 2 is 2.00 bits per heavy atom. The van der Waals surface area contributed by atoms with Gasteiger partial charge in [0.2, 0.25) is 0 Å². The minimum atomic E-state index is -0.603. The Balaban J connectivity index is 2.73. The highest BCUT2D eigenvalue weighted by Gasteiger charge is 2.51. The summed E-state index contributed by atoms with van der Waals surface area (Å²) >= 11 is 0. The summed E-state index contributed by atoms with van der Waals surface area (Å²) in [7, 11) is 1.42. The van der Waals surface area contributed by atoms with Crippen molar-refractivity contribution < 1.29 is 19.1 Å². The molecule has 0 aromatic heterocycles. The maximum absolute atomic E-state index is 12.2. The first kappa shape index (κ1) is 16.0. The highest BCUT2D eigenvalue weighted by atomic mass is 16.6. The smallest absolute Gasteiger partial charge is 0.315 e. The van der Waals surface area contributed by atoms with Crippen molar-refractivity contribution in [2.24, 2.45) is 5.41 Å². The lowest BCUT2D eigenvalue weighted by Gasteiger charge is -2.32. The molecule has 0 N–H and O–H groups in total. The molecule has 2 unspecified atom stereocenters. The van der Waals surface area contributed by atoms with Crippen LogP contribution in [0.25, 0.3) is 0 Å². The van der Waals surface area contributed by atoms with E-state index in [1.165, 1.54) is 26.9 Å². The van der Waals surface area contributed by atoms with Gasteiger partial charge < -0.3 is 9.47 Å². The van der Waals surface area contributed by atoms with Crippen molar-refractivity contribution in [2.45, 2.75) is 71.3 Å². The number of ether oxygens (including phenoxy) is 2. The molecule has 0 aromatic rings. The highest BCUT2D eigenvalue weighted by Crippen LogP contribution is 2.45. The molecule has 0 radical (unpaired) electrons. The van der Waals surface area contributed by atoms with Crippen molar-refractivity contribution in [3.05, 3.63) is 0 Å². The third kappa shape index (κ3) is 3.95. The fourth-order valence-corrected chi connectivity index (χ4v) is 3.10. The molecule has 0 aliphatic heterocycles. The zero-order chi connectivity index (χ0) is 14.3. The van der Waals surface area contributed by atoms with Gasteiger partial charge in [-0.3, -0.25) is 9.59 Å². The number of hydrogen-bond acceptors (Lipinski definition) is 4. The molecule has 1 rings (SSSR count). The molecule has 0 spiro atoms. The molecule has 1 aliphatic carbocycles. The van der Waals surface area contributed by atoms with Crippen LogP contribution in [0.2, 0.25) is 0 Å². The predicted molar refractivity (Wildman–Crippen MR) is 72.6 cm³/mol. The molecule has 4 nitrogen and oxygen atoms in total. The zero-order valence-electron chi connectivity index (χ0n) is 12.4. The summed E-state index contributed by atoms with van der Waals surface area (Å²) in [4.78, 5) is 23.4. The predicted octanol–water partition coefficient (Wildman–Crippen LogP) is 3.23. The molecular weight excluding hydrogens is 244 g/mol. The normalized spacial score (nSPS) is 26.2. The SMILES string of the molecule is CCCCCCC1(C(=O)OC)CCCC1OC(C)=O. The third-order valence-electron chi connectivity index (χ3n) is 4.08. The summed E-state index contributed by atoms with van der Waals surface area (Å²) in [5.41, 5.74) is -0.603. The van der Waals surface area contributed by atoms with Crippen LogP contribution < -0.4 is 0 Å². The van der Waals surface area contributed by atoms with Crippen LogP contribution in [0.3, 0.4) is 0 Å². The van der Waals surface area contributed by atoms with E-state index in [0.29, 0.717) is 0 Å². The van der Waals surface area contributed by atoms with Gasteiger partial charge in [0.05, 0.1) is 7.11 Å². The lowest BCUT2D eigenvalue weighted by Crippen LogP contribution is -2.41. The fourth-order valence-electron chi connectivity index (χ4n) is 3.10. The monoisotopic (exact) mass is 270 g/mol. The molecular formula is C15H26O4. The Morgan fingerprint density at radius 1 is 1.26 bits per heavy atom. The van der Waals surface area contributed by atoms with Gasteiger partial charge in [-0.1, -0.05) is 32.6 Å². The summed E-state index contributed by atoms with van der Waals surface area (Å²) in [6.45, 7) is 3.56. The molecule has 19 heavy (non-hydrogen) atoms. The van der Waals surface area contributed by atoms with Gasteiger partial charge in [-0.25, -0.2) is 0 Å². The Bertz CT molecular complexity index is 313. The van der Waals surface area contributed by atoms with Crippen LogP contribution in [-0.2, 0) is 19.1 Å². The number of methoxy groups -OCH3 is 1. The second-order valence-electron chi connectivity index (χ2n) is 5.45. The van der Waals surface area contributed by atoms with Crippen molar-refractivity contribution in [2.75, 3.05) is 7.11 Å². The topological polar surface area (TPSA) is 52.6 Å². The van der Waals surface area contributed by atoms with Crippen molar-refractivity contribution in [1.29, 1.82) is 0 Å². The zero-order valence-corrected chi connectivity index (χ0v) is 12.4. The van der Waals surface area contributed by atoms with Gasteiger partial charge in [0.15, 0.2) is 0 Å². The minimum Gasteiger partial charge on any atom is -0.468 e. The van der Waals surface area contributed by atoms with Gasteiger partial charge in [-0.05, 0) is 25.7 Å². The van der Waals surface area contributed by atoms with E-state index in [9.17, 15) is 9.59 Å². The third-order valence-corrected chi connectivity index (χ3v) is 4.08. The summed E-state index contributed by atoms with van der Waals surface area (Å²) in [5, 5.41) is 0. The molecule has 0 saturated heterocycles. The van der Waals surface area contributed by atoms with Gasteiger partial charge in [-0.2, -0.15) is 0 Å². The average Bonchev–Trinajstić information content (AvgIpc) is 2.77. The summed E-state index contributed by atoms with van der Waals surface area (Å²) in [6.07, 6.45) is 7.35. The minimum absolute atomic E-state index is 0.215. The summed E-state index contributed by atoms with van der Waals surface area (Å²) in [5.74, 6) is -0.526. The van der Waals surface area contributed by atoms with E-state index in [1.807, 2.05) is 0 Å². The van der Waals surface area contributed by atoms with E-state index in [2.05, 4.69) is 6.92 Å². The molecule has 4 heteroatoms. The van der Waals surface area contributed by atoms with Gasteiger partial charge in [0.25, 0.3) is 0 Å². The Hall–Kier alpha value is -1.06. The molecule has 2 atom stereocenters. The first-order valence-electron chi connectivity index (χ1n) is 7.32. The Kier molecular flexibility index (Phi) is 6.32. The quantitative estimate of drug-likeness (QED) is 0.526. The fraction of sp³-hybridized carbons (Fsp3) is 0.867. The summed E-state index contributed by atoms with van der Waals surface area (Å²) in [6, 6.07) is 0. The molecule has 0 amide bonds. The van der Waals surface area contributed by atoms with E-state index in [0.717, 1.165) is 38.5 Å². The van der Waals surface area contributed by atoms with Crippen molar-refractivity contribution in [1.82, 2.24) is 0 Å². The molecule has 0 heterocycles. The van der Waals surface area contributed by atoms with Crippen LogP contribution in [0.1, 0.15) is 65.2 Å². The lowest BCUT2D eigenvalue weighted by atomic mass is 9.79. The van der Waals surface area contributed by atoms with Gasteiger partial charge in [0.1, 0.15) is 11.5 Å². The van der Waals surface area contributed by atoms with Crippen LogP contribution in [0, 0.1) is 5.41 Å². The maximum Gasteiger partial charge on any atom is 0.315 e. The molecule has 1 saturated carbocycles. The van der Waals surface area contributed by atoms with Crippen LogP contribution >= 0.6 is 0 Å². The Labute approximate surface area is 115 Å². The number of esters is 2.